The largest absolute Gasteiger partial charge is 0.489 e. The minimum absolute atomic E-state index is 0.0676. The van der Waals surface area contributed by atoms with Crippen LogP contribution in [0.15, 0.2) is 54.4 Å². The van der Waals surface area contributed by atoms with E-state index in [0.717, 1.165) is 12.8 Å². The van der Waals surface area contributed by atoms with Crippen molar-refractivity contribution >= 4 is 46.4 Å². The van der Waals surface area contributed by atoms with Crippen molar-refractivity contribution in [2.75, 3.05) is 18.5 Å². The second kappa shape index (κ2) is 14.9. The number of aliphatic hydroxyl groups is 3. The molecule has 0 unspecified atom stereocenters. The fraction of sp³-hybridized carbons (Fsp3) is 0.538. The Kier molecular flexibility index (Phi) is 11.1. The average Bonchev–Trinajstić information content (AvgIpc) is 3.93. The molecule has 2 aromatic rings. The number of allylic oxidation sites excluding steroid dienone is 4. The molecule has 4 fully saturated rings. The highest BCUT2D eigenvalue weighted by Gasteiger charge is 2.75. The molecule has 5 aliphatic rings. The molecule has 1 heterocycles. The summed E-state index contributed by atoms with van der Waals surface area (Å²) < 4.78 is 52.0. The van der Waals surface area contributed by atoms with Gasteiger partial charge in [0.15, 0.2) is 28.7 Å². The Morgan fingerprint density at radius 3 is 2.41 bits per heavy atom. The Morgan fingerprint density at radius 1 is 1.09 bits per heavy atom. The second-order valence-electron chi connectivity index (χ2n) is 15.5. The van der Waals surface area contributed by atoms with E-state index in [-0.39, 0.29) is 50.9 Å². The average molecular weight is 796 g/mol. The Hall–Kier alpha value is -3.49. The highest BCUT2D eigenvalue weighted by molar-refractivity contribution is 6.39. The summed E-state index contributed by atoms with van der Waals surface area (Å²) in [6.07, 6.45) is 9.18. The number of alkyl halides is 3. The van der Waals surface area contributed by atoms with Gasteiger partial charge < -0.3 is 30.1 Å². The molecule has 292 valence electrons. The maximum Gasteiger partial charge on any atom is 0.387 e. The van der Waals surface area contributed by atoms with Crippen molar-refractivity contribution in [3.8, 4) is 11.5 Å². The number of ketones is 2. The van der Waals surface area contributed by atoms with Gasteiger partial charge in [-0.05, 0) is 93.6 Å². The van der Waals surface area contributed by atoms with Crippen molar-refractivity contribution in [2.45, 2.75) is 83.3 Å². The number of aliphatic hydroxyl groups excluding tert-OH is 2. The molecule has 0 bridgehead atoms. The molecule has 0 radical (unpaired) electrons. The lowest BCUT2D eigenvalue weighted by molar-refractivity contribution is -0.219. The number of hydrogen-bond acceptors (Lipinski definition) is 9. The molecule has 0 aliphatic heterocycles. The summed E-state index contributed by atoms with van der Waals surface area (Å²) >= 11 is 12.0. The first-order valence-electron chi connectivity index (χ1n) is 17.9. The standard InChI is InChI=1S/C22H29FO5.C17H14Cl2F2N2O3/c1-12-8-16-15-5-4-13-9-14(25)6-7-19(13,2)21(15,23)17(26)10-20(16,3)22(12,28)18(27)11-24;18-11-6-22-7-12(19)15(11)23-16(24)10-3-4-13(26-17(20)21)14(5-10)25-8-9-1-2-9/h6-7,9,12,15-17,24,26,28H,4-5,8,10-11H2,1-3H3;3-7,9,17H,1-2,8H2,(H,22,23,24)/t12-,15+,16+,17+,19+,20+,21+,22+;/m1./s1. The number of rotatable bonds is 9. The third kappa shape index (κ3) is 6.73. The zero-order valence-corrected chi connectivity index (χ0v) is 31.5. The summed E-state index contributed by atoms with van der Waals surface area (Å²) in [4.78, 5) is 40.6. The van der Waals surface area contributed by atoms with Crippen LogP contribution in [0.4, 0.5) is 18.9 Å². The third-order valence-electron chi connectivity index (χ3n) is 12.5. The van der Waals surface area contributed by atoms with Crippen LogP contribution in [-0.4, -0.2) is 75.0 Å². The molecular weight excluding hydrogens is 752 g/mol. The molecule has 1 aromatic carbocycles. The third-order valence-corrected chi connectivity index (χ3v) is 13.0. The molecule has 0 saturated heterocycles. The van der Waals surface area contributed by atoms with Gasteiger partial charge in [0.25, 0.3) is 5.91 Å². The van der Waals surface area contributed by atoms with Crippen LogP contribution in [0.2, 0.25) is 10.0 Å². The number of carbonyl (C=O) groups excluding carboxylic acids is 3. The molecule has 1 amide bonds. The van der Waals surface area contributed by atoms with Gasteiger partial charge in [0, 0.05) is 34.7 Å². The van der Waals surface area contributed by atoms with Crippen molar-refractivity contribution in [2.24, 2.45) is 34.5 Å². The Balaban J connectivity index is 0.000000185. The highest BCUT2D eigenvalue weighted by Crippen LogP contribution is 2.70. The number of ether oxygens (including phenoxy) is 2. The molecule has 10 nitrogen and oxygen atoms in total. The van der Waals surface area contributed by atoms with Gasteiger partial charge in [0.1, 0.15) is 12.2 Å². The van der Waals surface area contributed by atoms with Crippen LogP contribution < -0.4 is 14.8 Å². The van der Waals surface area contributed by atoms with E-state index in [1.165, 1.54) is 42.7 Å². The van der Waals surface area contributed by atoms with Crippen LogP contribution in [0.1, 0.15) is 69.7 Å². The van der Waals surface area contributed by atoms with E-state index in [9.17, 15) is 38.5 Å². The number of pyridine rings is 1. The van der Waals surface area contributed by atoms with Crippen molar-refractivity contribution < 1.29 is 52.3 Å². The summed E-state index contributed by atoms with van der Waals surface area (Å²) in [5, 5.41) is 34.9. The van der Waals surface area contributed by atoms with E-state index in [1.54, 1.807) is 26.8 Å². The predicted octanol–water partition coefficient (Wildman–Crippen LogP) is 6.93. The van der Waals surface area contributed by atoms with Gasteiger partial charge in [0.2, 0.25) is 0 Å². The molecule has 1 aromatic heterocycles. The van der Waals surface area contributed by atoms with E-state index in [0.29, 0.717) is 37.4 Å². The quantitative estimate of drug-likeness (QED) is 0.212. The lowest BCUT2D eigenvalue weighted by Crippen LogP contribution is -2.69. The number of benzene rings is 1. The Morgan fingerprint density at radius 2 is 1.78 bits per heavy atom. The lowest BCUT2D eigenvalue weighted by Gasteiger charge is -2.62. The van der Waals surface area contributed by atoms with Crippen LogP contribution in [0.25, 0.3) is 0 Å². The molecule has 54 heavy (non-hydrogen) atoms. The zero-order chi connectivity index (χ0) is 39.4. The SMILES string of the molecule is C[C@@H]1C[C@H]2[C@@H]3CCC4=CC(=O)C=C[C@]4(C)[C@@]3(F)[C@@H](O)C[C@]2(C)[C@@]1(O)C(=O)CO.O=C(Nc1c(Cl)cncc1Cl)c1ccc(OC(F)F)c(OCC2CC2)c1. The number of halogens is 5. The molecule has 4 saturated carbocycles. The van der Waals surface area contributed by atoms with Gasteiger partial charge in [-0.1, -0.05) is 48.7 Å². The van der Waals surface area contributed by atoms with E-state index in [1.807, 2.05) is 0 Å². The van der Waals surface area contributed by atoms with Gasteiger partial charge in [-0.15, -0.1) is 0 Å². The smallest absolute Gasteiger partial charge is 0.387 e. The van der Waals surface area contributed by atoms with Gasteiger partial charge >= 0.3 is 6.61 Å². The number of nitrogens with zero attached hydrogens (tertiary/aromatic N) is 1. The minimum atomic E-state index is -2.99. The lowest BCUT2D eigenvalue weighted by atomic mass is 9.44. The second-order valence-corrected chi connectivity index (χ2v) is 16.3. The van der Waals surface area contributed by atoms with Crippen LogP contribution in [0.3, 0.4) is 0 Å². The summed E-state index contributed by atoms with van der Waals surface area (Å²) in [7, 11) is 0. The van der Waals surface area contributed by atoms with Crippen LogP contribution in [0, 0.1) is 34.5 Å². The van der Waals surface area contributed by atoms with Crippen molar-refractivity contribution in [3.63, 3.8) is 0 Å². The monoisotopic (exact) mass is 794 g/mol. The number of Topliss-reactive ketones (excluding diaryl/α,β-unsaturated/α-hetero) is 1. The molecule has 0 spiro atoms. The molecule has 15 heteroatoms. The minimum Gasteiger partial charge on any atom is -0.489 e. The zero-order valence-electron chi connectivity index (χ0n) is 30.0. The fourth-order valence-corrected chi connectivity index (χ4v) is 9.88. The van der Waals surface area contributed by atoms with Gasteiger partial charge in [0.05, 0.1) is 28.4 Å². The highest BCUT2D eigenvalue weighted by atomic mass is 35.5. The van der Waals surface area contributed by atoms with Crippen LogP contribution >= 0.6 is 23.2 Å². The van der Waals surface area contributed by atoms with Crippen molar-refractivity contribution in [3.05, 3.63) is 70.0 Å². The van der Waals surface area contributed by atoms with E-state index in [2.05, 4.69) is 15.0 Å². The normalized spacial score (nSPS) is 33.8. The molecule has 5 aliphatic carbocycles. The number of amides is 1. The molecular formula is C39H43Cl2F3N2O8. The van der Waals surface area contributed by atoms with Crippen LogP contribution in [-0.2, 0) is 9.59 Å². The topological polar surface area (TPSA) is 155 Å². The first-order chi connectivity index (χ1) is 25.4. The number of aromatic nitrogens is 1. The van der Waals surface area contributed by atoms with Gasteiger partial charge in [-0.25, -0.2) is 4.39 Å². The van der Waals surface area contributed by atoms with Gasteiger partial charge in [-0.3, -0.25) is 19.4 Å². The van der Waals surface area contributed by atoms with E-state index in [4.69, 9.17) is 27.9 Å². The Bertz CT molecular complexity index is 1870. The van der Waals surface area contributed by atoms with Gasteiger partial charge in [-0.2, -0.15) is 8.78 Å². The summed E-state index contributed by atoms with van der Waals surface area (Å²) in [6, 6.07) is 3.96. The summed E-state index contributed by atoms with van der Waals surface area (Å²) in [6.45, 7) is 1.87. The molecule has 8 atom stereocenters. The Labute approximate surface area is 320 Å². The maximum atomic E-state index is 16.9. The van der Waals surface area contributed by atoms with Crippen LogP contribution in [0.5, 0.6) is 11.5 Å². The van der Waals surface area contributed by atoms with Crippen molar-refractivity contribution in [1.82, 2.24) is 4.98 Å². The first-order valence-corrected chi connectivity index (χ1v) is 18.7. The summed E-state index contributed by atoms with van der Waals surface area (Å²) in [5.74, 6) is -2.29. The number of fused-ring (bicyclic) bond motifs is 5. The number of hydrogen-bond donors (Lipinski definition) is 4. The van der Waals surface area contributed by atoms with E-state index < -0.39 is 64.9 Å². The first kappa shape index (κ1) is 40.2. The predicted molar refractivity (Wildman–Crippen MR) is 193 cm³/mol. The molecule has 7 rings (SSSR count). The number of anilines is 1. The van der Waals surface area contributed by atoms with Crippen molar-refractivity contribution in [1.29, 1.82) is 0 Å². The van der Waals surface area contributed by atoms with E-state index >= 15 is 4.39 Å². The number of carbonyl (C=O) groups is 3. The molecule has 4 N–H and O–H groups in total. The number of nitrogens with one attached hydrogen (secondary N) is 1. The maximum absolute atomic E-state index is 16.9. The fourth-order valence-electron chi connectivity index (χ4n) is 9.43. The summed E-state index contributed by atoms with van der Waals surface area (Å²) in [5.41, 5.74) is -4.78.